The summed E-state index contributed by atoms with van der Waals surface area (Å²) >= 11 is 0. The molecule has 0 radical (unpaired) electrons. The fourth-order valence-corrected chi connectivity index (χ4v) is 3.45. The molecule has 0 bridgehead atoms. The van der Waals surface area contributed by atoms with E-state index in [4.69, 9.17) is 13.9 Å². The smallest absolute Gasteiger partial charge is 0.344 e. The predicted octanol–water partition coefficient (Wildman–Crippen LogP) is 5.30. The largest absolute Gasteiger partial charge is 0.497 e. The number of carbonyl (C=O) groups excluding carboxylic acids is 1. The Morgan fingerprint density at radius 2 is 1.60 bits per heavy atom. The molecule has 0 spiro atoms. The maximum atomic E-state index is 12.6. The molecule has 5 nitrogen and oxygen atoms in total. The predicted molar refractivity (Wildman–Crippen MR) is 115 cm³/mol. The molecule has 0 fully saturated rings. The maximum absolute atomic E-state index is 12.6. The molecule has 0 aliphatic rings. The second kappa shape index (κ2) is 7.87. The fraction of sp³-hybridized carbons (Fsp3) is 0.120. The fourth-order valence-electron chi connectivity index (χ4n) is 3.45. The Bertz CT molecular complexity index is 1300. The zero-order valence-corrected chi connectivity index (χ0v) is 16.9. The highest BCUT2D eigenvalue weighted by atomic mass is 16.5. The molecule has 0 aliphatic heterocycles. The number of carbonyl (C=O) groups is 1. The lowest BCUT2D eigenvalue weighted by Crippen LogP contribution is -2.10. The van der Waals surface area contributed by atoms with Gasteiger partial charge in [-0.3, -0.25) is 0 Å². The minimum absolute atomic E-state index is 0.383. The molecule has 0 N–H and O–H groups in total. The Kier molecular flexibility index (Phi) is 5.11. The Hall–Kier alpha value is -3.86. The summed E-state index contributed by atoms with van der Waals surface area (Å²) in [5.41, 5.74) is 3.30. The summed E-state index contributed by atoms with van der Waals surface area (Å²) < 4.78 is 16.3. The quantitative estimate of drug-likeness (QED) is 0.264. The van der Waals surface area contributed by atoms with Crippen LogP contribution in [-0.4, -0.2) is 13.1 Å². The Morgan fingerprint density at radius 3 is 2.30 bits per heavy atom. The van der Waals surface area contributed by atoms with E-state index in [1.807, 2.05) is 38.1 Å². The molecular formula is C25H20O5. The molecule has 0 saturated carbocycles. The topological polar surface area (TPSA) is 65.7 Å². The van der Waals surface area contributed by atoms with Gasteiger partial charge in [-0.25, -0.2) is 9.59 Å². The molecular weight excluding hydrogens is 380 g/mol. The molecule has 1 heterocycles. The van der Waals surface area contributed by atoms with Crippen molar-refractivity contribution in [3.63, 3.8) is 0 Å². The zero-order chi connectivity index (χ0) is 21.3. The van der Waals surface area contributed by atoms with Gasteiger partial charge in [0.25, 0.3) is 0 Å². The van der Waals surface area contributed by atoms with Gasteiger partial charge in [0.2, 0.25) is 0 Å². The van der Waals surface area contributed by atoms with Crippen molar-refractivity contribution in [3.05, 3.63) is 93.8 Å². The Morgan fingerprint density at radius 1 is 0.900 bits per heavy atom. The molecule has 0 saturated heterocycles. The van der Waals surface area contributed by atoms with E-state index >= 15 is 0 Å². The van der Waals surface area contributed by atoms with Crippen LogP contribution in [-0.2, 0) is 0 Å². The van der Waals surface area contributed by atoms with Crippen LogP contribution in [0, 0.1) is 13.8 Å². The molecule has 5 heteroatoms. The van der Waals surface area contributed by atoms with Gasteiger partial charge in [0.15, 0.2) is 0 Å². The number of rotatable bonds is 4. The third kappa shape index (κ3) is 3.57. The van der Waals surface area contributed by atoms with Gasteiger partial charge in [-0.1, -0.05) is 30.3 Å². The van der Waals surface area contributed by atoms with Crippen LogP contribution in [0.5, 0.6) is 11.5 Å². The van der Waals surface area contributed by atoms with Gasteiger partial charge in [0.05, 0.1) is 18.2 Å². The third-order valence-electron chi connectivity index (χ3n) is 5.09. The second-order valence-corrected chi connectivity index (χ2v) is 6.98. The van der Waals surface area contributed by atoms with E-state index in [2.05, 4.69) is 0 Å². The lowest BCUT2D eigenvalue weighted by atomic mass is 9.99. The lowest BCUT2D eigenvalue weighted by molar-refractivity contribution is 0.0734. The molecule has 150 valence electrons. The number of aryl methyl sites for hydroxylation is 2. The number of fused-ring (bicyclic) bond motifs is 1. The second-order valence-electron chi connectivity index (χ2n) is 6.98. The number of esters is 1. The summed E-state index contributed by atoms with van der Waals surface area (Å²) in [5, 5.41) is 0.704. The first kappa shape index (κ1) is 19.5. The van der Waals surface area contributed by atoms with Crippen molar-refractivity contribution in [2.24, 2.45) is 0 Å². The van der Waals surface area contributed by atoms with Crippen LogP contribution in [0.25, 0.3) is 22.1 Å². The van der Waals surface area contributed by atoms with Gasteiger partial charge >= 0.3 is 11.6 Å². The lowest BCUT2D eigenvalue weighted by Gasteiger charge is -2.11. The zero-order valence-electron chi connectivity index (χ0n) is 16.9. The highest BCUT2D eigenvalue weighted by molar-refractivity contribution is 5.93. The molecule has 0 aliphatic carbocycles. The third-order valence-corrected chi connectivity index (χ3v) is 5.09. The number of benzene rings is 3. The van der Waals surface area contributed by atoms with Gasteiger partial charge in [-0.05, 0) is 66.9 Å². The van der Waals surface area contributed by atoms with Crippen LogP contribution in [0.4, 0.5) is 0 Å². The first-order chi connectivity index (χ1) is 14.5. The first-order valence-corrected chi connectivity index (χ1v) is 9.47. The van der Waals surface area contributed by atoms with E-state index in [0.29, 0.717) is 33.6 Å². The summed E-state index contributed by atoms with van der Waals surface area (Å²) in [7, 11) is 1.59. The standard InChI is InChI=1S/C25H20O5/c1-15-6-4-5-7-20(15)24(26)29-19-12-13-22-21(14-19)16(2)23(25(27)30-22)17-8-10-18(28-3)11-9-17/h4-14H,1-3H3. The summed E-state index contributed by atoms with van der Waals surface area (Å²) in [6, 6.07) is 19.4. The highest BCUT2D eigenvalue weighted by Gasteiger charge is 2.16. The van der Waals surface area contributed by atoms with Crippen LogP contribution >= 0.6 is 0 Å². The molecule has 0 unspecified atom stereocenters. The van der Waals surface area contributed by atoms with Crippen LogP contribution < -0.4 is 15.1 Å². The van der Waals surface area contributed by atoms with Crippen LogP contribution in [0.2, 0.25) is 0 Å². The molecule has 30 heavy (non-hydrogen) atoms. The van der Waals surface area contributed by atoms with E-state index in [9.17, 15) is 9.59 Å². The summed E-state index contributed by atoms with van der Waals surface area (Å²) in [5.74, 6) is 0.651. The minimum Gasteiger partial charge on any atom is -0.497 e. The van der Waals surface area contributed by atoms with E-state index in [1.54, 1.807) is 49.6 Å². The van der Waals surface area contributed by atoms with E-state index in [-0.39, 0.29) is 0 Å². The van der Waals surface area contributed by atoms with Gasteiger partial charge in [-0.2, -0.15) is 0 Å². The number of hydrogen-bond donors (Lipinski definition) is 0. The molecule has 4 aromatic rings. The number of hydrogen-bond acceptors (Lipinski definition) is 5. The molecule has 0 amide bonds. The monoisotopic (exact) mass is 400 g/mol. The maximum Gasteiger partial charge on any atom is 0.344 e. The summed E-state index contributed by atoms with van der Waals surface area (Å²) in [6.45, 7) is 3.71. The highest BCUT2D eigenvalue weighted by Crippen LogP contribution is 2.30. The van der Waals surface area contributed by atoms with Crippen molar-refractivity contribution in [3.8, 4) is 22.6 Å². The van der Waals surface area contributed by atoms with E-state index < -0.39 is 11.6 Å². The van der Waals surface area contributed by atoms with Crippen LogP contribution in [0.1, 0.15) is 21.5 Å². The van der Waals surface area contributed by atoms with Crippen LogP contribution in [0.3, 0.4) is 0 Å². The van der Waals surface area contributed by atoms with Crippen LogP contribution in [0.15, 0.2) is 75.9 Å². The van der Waals surface area contributed by atoms with Crippen molar-refractivity contribution in [1.29, 1.82) is 0 Å². The number of methoxy groups -OCH3 is 1. The van der Waals surface area contributed by atoms with Gasteiger partial charge < -0.3 is 13.9 Å². The van der Waals surface area contributed by atoms with Crippen molar-refractivity contribution in [2.75, 3.05) is 7.11 Å². The molecule has 1 aromatic heterocycles. The average molecular weight is 400 g/mol. The molecule has 4 rings (SSSR count). The van der Waals surface area contributed by atoms with E-state index in [0.717, 1.165) is 16.7 Å². The van der Waals surface area contributed by atoms with Crippen molar-refractivity contribution >= 4 is 16.9 Å². The number of ether oxygens (including phenoxy) is 2. The molecule has 3 aromatic carbocycles. The van der Waals surface area contributed by atoms with Crippen molar-refractivity contribution < 1.29 is 18.7 Å². The Balaban J connectivity index is 1.75. The van der Waals surface area contributed by atoms with Gasteiger partial charge in [0, 0.05) is 5.39 Å². The summed E-state index contributed by atoms with van der Waals surface area (Å²) in [4.78, 5) is 25.2. The Labute approximate surface area is 173 Å². The van der Waals surface area contributed by atoms with E-state index in [1.165, 1.54) is 0 Å². The normalized spacial score (nSPS) is 10.8. The van der Waals surface area contributed by atoms with Gasteiger partial charge in [-0.15, -0.1) is 0 Å². The van der Waals surface area contributed by atoms with Gasteiger partial charge in [0.1, 0.15) is 17.1 Å². The first-order valence-electron chi connectivity index (χ1n) is 9.47. The average Bonchev–Trinajstić information content (AvgIpc) is 2.75. The SMILES string of the molecule is COc1ccc(-c2c(C)c3cc(OC(=O)c4ccccc4C)ccc3oc2=O)cc1. The minimum atomic E-state index is -0.433. The van der Waals surface area contributed by atoms with Crippen molar-refractivity contribution in [1.82, 2.24) is 0 Å². The molecule has 0 atom stereocenters. The van der Waals surface area contributed by atoms with Crippen molar-refractivity contribution in [2.45, 2.75) is 13.8 Å². The summed E-state index contributed by atoms with van der Waals surface area (Å²) in [6.07, 6.45) is 0.